The lowest BCUT2D eigenvalue weighted by Gasteiger charge is -2.12. The first-order valence-electron chi connectivity index (χ1n) is 6.41. The van der Waals surface area contributed by atoms with E-state index in [-0.39, 0.29) is 0 Å². The van der Waals surface area contributed by atoms with Crippen molar-refractivity contribution in [2.45, 2.75) is 6.92 Å². The lowest BCUT2D eigenvalue weighted by molar-refractivity contribution is 1.13. The van der Waals surface area contributed by atoms with Gasteiger partial charge in [-0.25, -0.2) is 0 Å². The van der Waals surface area contributed by atoms with Gasteiger partial charge < -0.3 is 4.90 Å². The third kappa shape index (κ3) is 2.36. The van der Waals surface area contributed by atoms with Crippen molar-refractivity contribution in [1.82, 2.24) is 0 Å². The summed E-state index contributed by atoms with van der Waals surface area (Å²) in [7, 11) is 4.13. The Labute approximate surface area is 118 Å². The van der Waals surface area contributed by atoms with Gasteiger partial charge in [0.15, 0.2) is 0 Å². The van der Waals surface area contributed by atoms with Crippen LogP contribution in [0.4, 0.5) is 5.69 Å². The van der Waals surface area contributed by atoms with Crippen molar-refractivity contribution >= 4 is 27.1 Å². The average Bonchev–Trinajstić information content (AvgIpc) is 2.81. The minimum absolute atomic E-state index is 1.24. The van der Waals surface area contributed by atoms with Crippen LogP contribution in [-0.2, 0) is 0 Å². The van der Waals surface area contributed by atoms with Crippen LogP contribution in [0, 0.1) is 6.92 Å². The van der Waals surface area contributed by atoms with Gasteiger partial charge in [-0.15, -0.1) is 11.3 Å². The summed E-state index contributed by atoms with van der Waals surface area (Å²) in [6.45, 7) is 2.14. The molecule has 0 N–H and O–H groups in total. The van der Waals surface area contributed by atoms with Gasteiger partial charge in [-0.05, 0) is 47.7 Å². The number of aryl methyl sites for hydroxylation is 1. The molecule has 0 fully saturated rings. The van der Waals surface area contributed by atoms with Crippen molar-refractivity contribution in [3.63, 3.8) is 0 Å². The van der Waals surface area contributed by atoms with E-state index in [9.17, 15) is 0 Å². The molecule has 19 heavy (non-hydrogen) atoms. The van der Waals surface area contributed by atoms with Gasteiger partial charge in [0.05, 0.1) is 0 Å². The summed E-state index contributed by atoms with van der Waals surface area (Å²) >= 11 is 1.87. The zero-order valence-corrected chi connectivity index (χ0v) is 12.3. The third-order valence-electron chi connectivity index (χ3n) is 3.34. The highest BCUT2D eigenvalue weighted by Crippen LogP contribution is 2.34. The molecular formula is C17H17NS. The number of hydrogen-bond acceptors (Lipinski definition) is 2. The first-order valence-corrected chi connectivity index (χ1v) is 7.23. The monoisotopic (exact) mass is 267 g/mol. The summed E-state index contributed by atoms with van der Waals surface area (Å²) < 4.78 is 1.37. The number of benzene rings is 2. The number of thiophene rings is 1. The predicted molar refractivity (Wildman–Crippen MR) is 86.3 cm³/mol. The Bertz CT molecular complexity index is 708. The van der Waals surface area contributed by atoms with Crippen molar-refractivity contribution in [2.24, 2.45) is 0 Å². The summed E-state index contributed by atoms with van der Waals surface area (Å²) in [4.78, 5) is 3.46. The van der Waals surface area contributed by atoms with Crippen molar-refractivity contribution in [2.75, 3.05) is 19.0 Å². The fourth-order valence-electron chi connectivity index (χ4n) is 2.20. The van der Waals surface area contributed by atoms with E-state index in [0.29, 0.717) is 0 Å². The van der Waals surface area contributed by atoms with E-state index < -0.39 is 0 Å². The molecule has 0 radical (unpaired) electrons. The standard InChI is InChI=1S/C17H17NS/c1-12-4-5-14-11-17(19-16(14)10-12)13-6-8-15(9-7-13)18(2)3/h4-11H,1-3H3. The van der Waals surface area contributed by atoms with Crippen LogP contribution >= 0.6 is 11.3 Å². The highest BCUT2D eigenvalue weighted by atomic mass is 32.1. The Hall–Kier alpha value is -1.80. The lowest BCUT2D eigenvalue weighted by Crippen LogP contribution is -2.07. The van der Waals surface area contributed by atoms with Crippen LogP contribution in [0.25, 0.3) is 20.5 Å². The molecule has 0 saturated heterocycles. The molecule has 0 saturated carbocycles. The summed E-state index contributed by atoms with van der Waals surface area (Å²) in [5.74, 6) is 0. The predicted octanol–water partition coefficient (Wildman–Crippen LogP) is 4.94. The maximum absolute atomic E-state index is 2.28. The smallest absolute Gasteiger partial charge is 0.0361 e. The number of hydrogen-bond donors (Lipinski definition) is 0. The lowest BCUT2D eigenvalue weighted by atomic mass is 10.1. The van der Waals surface area contributed by atoms with Gasteiger partial charge in [0.25, 0.3) is 0 Å². The summed E-state index contributed by atoms with van der Waals surface area (Å²) in [6, 6.07) is 17.7. The molecule has 0 aliphatic rings. The molecule has 3 rings (SSSR count). The second-order valence-electron chi connectivity index (χ2n) is 5.09. The van der Waals surface area contributed by atoms with Crippen molar-refractivity contribution in [3.8, 4) is 10.4 Å². The van der Waals surface area contributed by atoms with Crippen LogP contribution in [0.5, 0.6) is 0 Å². The van der Waals surface area contributed by atoms with Crippen molar-refractivity contribution in [3.05, 3.63) is 54.1 Å². The van der Waals surface area contributed by atoms with Gasteiger partial charge in [-0.2, -0.15) is 0 Å². The SMILES string of the molecule is Cc1ccc2cc(-c3ccc(N(C)C)cc3)sc2c1. The van der Waals surface area contributed by atoms with Gasteiger partial charge in [-0.3, -0.25) is 0 Å². The molecule has 0 unspecified atom stereocenters. The average molecular weight is 267 g/mol. The summed E-state index contributed by atoms with van der Waals surface area (Å²) in [5.41, 5.74) is 3.86. The molecule has 0 aliphatic carbocycles. The largest absolute Gasteiger partial charge is 0.378 e. The topological polar surface area (TPSA) is 3.24 Å². The normalized spacial score (nSPS) is 10.9. The van der Waals surface area contributed by atoms with Crippen LogP contribution in [0.3, 0.4) is 0 Å². The van der Waals surface area contributed by atoms with Crippen molar-refractivity contribution in [1.29, 1.82) is 0 Å². The second-order valence-corrected chi connectivity index (χ2v) is 6.18. The van der Waals surface area contributed by atoms with E-state index in [1.807, 2.05) is 11.3 Å². The van der Waals surface area contributed by atoms with Crippen LogP contribution in [0.15, 0.2) is 48.5 Å². The highest BCUT2D eigenvalue weighted by molar-refractivity contribution is 7.22. The van der Waals surface area contributed by atoms with Crippen LogP contribution in [-0.4, -0.2) is 14.1 Å². The van der Waals surface area contributed by atoms with Crippen LogP contribution < -0.4 is 4.90 Å². The molecule has 2 heteroatoms. The third-order valence-corrected chi connectivity index (χ3v) is 4.49. The minimum atomic E-state index is 1.24. The maximum Gasteiger partial charge on any atom is 0.0361 e. The number of nitrogens with zero attached hydrogens (tertiary/aromatic N) is 1. The molecule has 1 heterocycles. The number of anilines is 1. The molecule has 1 nitrogen and oxygen atoms in total. The molecule has 0 bridgehead atoms. The molecule has 1 aromatic heterocycles. The van der Waals surface area contributed by atoms with E-state index in [0.717, 1.165) is 0 Å². The van der Waals surface area contributed by atoms with E-state index in [1.54, 1.807) is 0 Å². The molecule has 96 valence electrons. The minimum Gasteiger partial charge on any atom is -0.378 e. The number of rotatable bonds is 2. The molecule has 0 amide bonds. The second kappa shape index (κ2) is 4.71. The van der Waals surface area contributed by atoms with Crippen LogP contribution in [0.2, 0.25) is 0 Å². The Kier molecular flexibility index (Phi) is 3.03. The van der Waals surface area contributed by atoms with E-state index in [2.05, 4.69) is 74.4 Å². The van der Waals surface area contributed by atoms with Gasteiger partial charge in [-0.1, -0.05) is 24.3 Å². The van der Waals surface area contributed by atoms with Gasteiger partial charge in [0.1, 0.15) is 0 Å². The zero-order valence-electron chi connectivity index (χ0n) is 11.5. The fraction of sp³-hybridized carbons (Fsp3) is 0.176. The summed E-state index contributed by atoms with van der Waals surface area (Å²) in [5, 5.41) is 1.34. The molecule has 2 aromatic carbocycles. The van der Waals surface area contributed by atoms with Crippen molar-refractivity contribution < 1.29 is 0 Å². The Balaban J connectivity index is 2.03. The number of fused-ring (bicyclic) bond motifs is 1. The van der Waals surface area contributed by atoms with E-state index >= 15 is 0 Å². The van der Waals surface area contributed by atoms with Crippen LogP contribution in [0.1, 0.15) is 5.56 Å². The first kappa shape index (κ1) is 12.2. The fourth-order valence-corrected chi connectivity index (χ4v) is 3.37. The van der Waals surface area contributed by atoms with Gasteiger partial charge >= 0.3 is 0 Å². The zero-order chi connectivity index (χ0) is 13.4. The Morgan fingerprint density at radius 2 is 1.63 bits per heavy atom. The van der Waals surface area contributed by atoms with Gasteiger partial charge in [0, 0.05) is 29.4 Å². The van der Waals surface area contributed by atoms with Gasteiger partial charge in [0.2, 0.25) is 0 Å². The van der Waals surface area contributed by atoms with E-state index in [1.165, 1.54) is 31.8 Å². The molecule has 0 spiro atoms. The quantitative estimate of drug-likeness (QED) is 0.635. The molecule has 0 aliphatic heterocycles. The molecular weight excluding hydrogens is 250 g/mol. The molecule has 3 aromatic rings. The Morgan fingerprint density at radius 3 is 2.32 bits per heavy atom. The van der Waals surface area contributed by atoms with E-state index in [4.69, 9.17) is 0 Å². The first-order chi connectivity index (χ1) is 9.13. The highest BCUT2D eigenvalue weighted by Gasteiger charge is 2.05. The molecule has 0 atom stereocenters. The maximum atomic E-state index is 2.28. The Morgan fingerprint density at radius 1 is 0.895 bits per heavy atom. The summed E-state index contributed by atoms with van der Waals surface area (Å²) in [6.07, 6.45) is 0.